The highest BCUT2D eigenvalue weighted by atomic mass is 32.1. The van der Waals surface area contributed by atoms with Crippen LogP contribution in [0, 0.1) is 13.8 Å². The fraction of sp³-hybridized carbons (Fsp3) is 0.0909. The van der Waals surface area contributed by atoms with E-state index in [0.717, 1.165) is 20.9 Å². The SMILES string of the molecule is Cc1ccc(-c2nnc(-c3ccc(-c4nnc(-c5ccc(C)cc5)o4)s3)o2)cc1. The summed E-state index contributed by atoms with van der Waals surface area (Å²) in [5.74, 6) is 1.92. The maximum Gasteiger partial charge on any atom is 0.258 e. The van der Waals surface area contributed by atoms with Crippen LogP contribution in [-0.4, -0.2) is 20.4 Å². The molecule has 6 nitrogen and oxygen atoms in total. The third kappa shape index (κ3) is 3.48. The average Bonchev–Trinajstić information content (AvgIpc) is 3.48. The first-order valence-electron chi connectivity index (χ1n) is 9.07. The molecular formula is C22H16N4O2S. The molecule has 0 aliphatic rings. The standard InChI is InChI=1S/C22H16N4O2S/c1-13-3-7-15(8-4-13)19-23-25-21(27-19)17-11-12-18(29-17)22-26-24-20(28-22)16-9-5-14(2)6-10-16/h3-12H,1-2H3. The fourth-order valence-corrected chi connectivity index (χ4v) is 3.69. The molecule has 0 saturated heterocycles. The minimum absolute atomic E-state index is 0.468. The molecule has 142 valence electrons. The van der Waals surface area contributed by atoms with E-state index in [1.807, 2.05) is 74.5 Å². The van der Waals surface area contributed by atoms with Crippen LogP contribution in [0.25, 0.3) is 44.4 Å². The van der Waals surface area contributed by atoms with Gasteiger partial charge in [-0.15, -0.1) is 31.7 Å². The van der Waals surface area contributed by atoms with Crippen molar-refractivity contribution in [3.05, 3.63) is 71.8 Å². The van der Waals surface area contributed by atoms with Gasteiger partial charge in [0.1, 0.15) is 0 Å². The summed E-state index contributed by atoms with van der Waals surface area (Å²) >= 11 is 1.47. The van der Waals surface area contributed by atoms with Crippen LogP contribution in [0.4, 0.5) is 0 Å². The van der Waals surface area contributed by atoms with Crippen LogP contribution in [-0.2, 0) is 0 Å². The first-order valence-corrected chi connectivity index (χ1v) is 9.89. The third-order valence-electron chi connectivity index (χ3n) is 4.47. The van der Waals surface area contributed by atoms with Crippen LogP contribution in [0.2, 0.25) is 0 Å². The Morgan fingerprint density at radius 1 is 0.517 bits per heavy atom. The van der Waals surface area contributed by atoms with Crippen LogP contribution in [0.1, 0.15) is 11.1 Å². The van der Waals surface area contributed by atoms with E-state index < -0.39 is 0 Å². The van der Waals surface area contributed by atoms with Gasteiger partial charge >= 0.3 is 0 Å². The van der Waals surface area contributed by atoms with Gasteiger partial charge < -0.3 is 8.83 Å². The zero-order valence-corrected chi connectivity index (χ0v) is 16.6. The quantitative estimate of drug-likeness (QED) is 0.379. The lowest BCUT2D eigenvalue weighted by atomic mass is 10.1. The molecule has 0 fully saturated rings. The Bertz CT molecular complexity index is 1170. The fourth-order valence-electron chi connectivity index (χ4n) is 2.84. The van der Waals surface area contributed by atoms with Crippen molar-refractivity contribution < 1.29 is 8.83 Å². The van der Waals surface area contributed by atoms with E-state index in [0.29, 0.717) is 23.6 Å². The molecule has 0 atom stereocenters. The summed E-state index contributed by atoms with van der Waals surface area (Å²) in [6, 6.07) is 19.8. The van der Waals surface area contributed by atoms with E-state index in [4.69, 9.17) is 8.83 Å². The van der Waals surface area contributed by atoms with Gasteiger partial charge in [0.2, 0.25) is 11.8 Å². The largest absolute Gasteiger partial charge is 0.415 e. The lowest BCUT2D eigenvalue weighted by Gasteiger charge is -1.95. The van der Waals surface area contributed by atoms with Gasteiger partial charge in [0.25, 0.3) is 11.8 Å². The van der Waals surface area contributed by atoms with Gasteiger partial charge in [-0.1, -0.05) is 35.4 Å². The Kier molecular flexibility index (Phi) is 4.29. The summed E-state index contributed by atoms with van der Waals surface area (Å²) < 4.78 is 11.7. The normalized spacial score (nSPS) is 11.1. The van der Waals surface area contributed by atoms with Crippen molar-refractivity contribution in [2.75, 3.05) is 0 Å². The van der Waals surface area contributed by atoms with Gasteiger partial charge in [0, 0.05) is 11.1 Å². The van der Waals surface area contributed by atoms with Gasteiger partial charge in [0.15, 0.2) is 0 Å². The molecule has 0 spiro atoms. The van der Waals surface area contributed by atoms with E-state index in [2.05, 4.69) is 20.4 Å². The topological polar surface area (TPSA) is 77.8 Å². The predicted octanol–water partition coefficient (Wildman–Crippen LogP) is 5.80. The van der Waals surface area contributed by atoms with Crippen LogP contribution in [0.15, 0.2) is 69.5 Å². The summed E-state index contributed by atoms with van der Waals surface area (Å²) in [4.78, 5) is 1.70. The number of nitrogens with zero attached hydrogens (tertiary/aromatic N) is 4. The molecule has 0 amide bonds. The second kappa shape index (κ2) is 7.10. The number of rotatable bonds is 4. The van der Waals surface area contributed by atoms with Gasteiger partial charge in [-0.2, -0.15) is 0 Å². The monoisotopic (exact) mass is 400 g/mol. The average molecular weight is 400 g/mol. The first-order chi connectivity index (χ1) is 14.2. The molecule has 0 N–H and O–H groups in total. The van der Waals surface area contributed by atoms with Crippen LogP contribution in [0.3, 0.4) is 0 Å². The van der Waals surface area contributed by atoms with Crippen molar-refractivity contribution in [1.29, 1.82) is 0 Å². The Hall–Kier alpha value is -3.58. The van der Waals surface area contributed by atoms with Gasteiger partial charge in [-0.25, -0.2) is 0 Å². The molecular weight excluding hydrogens is 384 g/mol. The van der Waals surface area contributed by atoms with Crippen LogP contribution < -0.4 is 0 Å². The van der Waals surface area contributed by atoms with E-state index in [1.165, 1.54) is 22.5 Å². The maximum absolute atomic E-state index is 5.85. The molecule has 3 heterocycles. The lowest BCUT2D eigenvalue weighted by molar-refractivity contribution is 0.586. The Balaban J connectivity index is 1.40. The number of aryl methyl sites for hydroxylation is 2. The molecule has 0 saturated carbocycles. The summed E-state index contributed by atoms with van der Waals surface area (Å²) in [5.41, 5.74) is 4.15. The highest BCUT2D eigenvalue weighted by Gasteiger charge is 2.16. The molecule has 5 rings (SSSR count). The minimum atomic E-state index is 0.468. The van der Waals surface area contributed by atoms with E-state index >= 15 is 0 Å². The Morgan fingerprint density at radius 3 is 1.31 bits per heavy atom. The van der Waals surface area contributed by atoms with Gasteiger partial charge in [-0.05, 0) is 50.2 Å². The minimum Gasteiger partial charge on any atom is -0.415 e. The van der Waals surface area contributed by atoms with Gasteiger partial charge in [-0.3, -0.25) is 0 Å². The van der Waals surface area contributed by atoms with Gasteiger partial charge in [0.05, 0.1) is 9.75 Å². The zero-order chi connectivity index (χ0) is 19.8. The molecule has 29 heavy (non-hydrogen) atoms. The van der Waals surface area contributed by atoms with Crippen molar-refractivity contribution in [3.8, 4) is 44.4 Å². The number of thiophene rings is 1. The number of hydrogen-bond donors (Lipinski definition) is 0. The van der Waals surface area contributed by atoms with Crippen molar-refractivity contribution in [2.45, 2.75) is 13.8 Å². The molecule has 0 aliphatic carbocycles. The van der Waals surface area contributed by atoms with Crippen LogP contribution in [0.5, 0.6) is 0 Å². The molecule has 0 radical (unpaired) electrons. The summed E-state index contributed by atoms with van der Waals surface area (Å²) in [6.07, 6.45) is 0. The predicted molar refractivity (Wildman–Crippen MR) is 111 cm³/mol. The van der Waals surface area contributed by atoms with E-state index in [-0.39, 0.29) is 0 Å². The Labute approximate surface area is 170 Å². The van der Waals surface area contributed by atoms with Crippen molar-refractivity contribution in [3.63, 3.8) is 0 Å². The van der Waals surface area contributed by atoms with Crippen molar-refractivity contribution in [1.82, 2.24) is 20.4 Å². The summed E-state index contributed by atoms with van der Waals surface area (Å²) in [6.45, 7) is 4.08. The number of hydrogen-bond acceptors (Lipinski definition) is 7. The molecule has 0 unspecified atom stereocenters. The molecule has 0 bridgehead atoms. The molecule has 3 aromatic heterocycles. The zero-order valence-electron chi connectivity index (χ0n) is 15.8. The molecule has 2 aromatic carbocycles. The first kappa shape index (κ1) is 17.5. The van der Waals surface area contributed by atoms with E-state index in [1.54, 1.807) is 0 Å². The summed E-state index contributed by atoms with van der Waals surface area (Å²) in [5, 5.41) is 16.7. The maximum atomic E-state index is 5.85. The highest BCUT2D eigenvalue weighted by Crippen LogP contribution is 2.35. The highest BCUT2D eigenvalue weighted by molar-refractivity contribution is 7.18. The van der Waals surface area contributed by atoms with Crippen LogP contribution >= 0.6 is 11.3 Å². The molecule has 5 aromatic rings. The smallest absolute Gasteiger partial charge is 0.258 e. The Morgan fingerprint density at radius 2 is 0.897 bits per heavy atom. The number of aromatic nitrogens is 4. The van der Waals surface area contributed by atoms with E-state index in [9.17, 15) is 0 Å². The molecule has 0 aliphatic heterocycles. The lowest BCUT2D eigenvalue weighted by Crippen LogP contribution is -1.77. The second-order valence-corrected chi connectivity index (χ2v) is 7.80. The molecule has 7 heteroatoms. The third-order valence-corrected chi connectivity index (χ3v) is 5.54. The van der Waals surface area contributed by atoms with Crippen molar-refractivity contribution >= 4 is 11.3 Å². The van der Waals surface area contributed by atoms with Crippen molar-refractivity contribution in [2.24, 2.45) is 0 Å². The summed E-state index contributed by atoms with van der Waals surface area (Å²) in [7, 11) is 0. The number of benzene rings is 2. The second-order valence-electron chi connectivity index (χ2n) is 6.72.